The van der Waals surface area contributed by atoms with Crippen LogP contribution in [-0.2, 0) is 11.2 Å². The second kappa shape index (κ2) is 12.4. The van der Waals surface area contributed by atoms with E-state index < -0.39 is 24.2 Å². The normalized spacial score (nSPS) is 16.6. The van der Waals surface area contributed by atoms with Crippen LogP contribution in [0.15, 0.2) is 60.7 Å². The molecule has 0 bridgehead atoms. The summed E-state index contributed by atoms with van der Waals surface area (Å²) in [5.41, 5.74) is 2.30. The zero-order valence-corrected chi connectivity index (χ0v) is 22.4. The first-order valence-electron chi connectivity index (χ1n) is 12.1. The highest BCUT2D eigenvalue weighted by atomic mass is 35.5. The maximum Gasteiger partial charge on any atom is 0.335 e. The Kier molecular flexibility index (Phi) is 8.93. The van der Waals surface area contributed by atoms with Crippen LogP contribution in [0.4, 0.5) is 20.6 Å². The fourth-order valence-electron chi connectivity index (χ4n) is 4.32. The molecule has 1 heterocycles. The van der Waals surface area contributed by atoms with E-state index in [-0.39, 0.29) is 42.5 Å². The molecule has 3 aromatic carbocycles. The SMILES string of the molecule is Cc1cc(NC(=O)Nc2ccccc2Cl)c(Cl)cc1CC(=O)N1C[C@@H](F)C[C@H]1COc1ccc(C(=O)O)cc1. The predicted octanol–water partition coefficient (Wildman–Crippen LogP) is 6.20. The van der Waals surface area contributed by atoms with E-state index in [9.17, 15) is 18.8 Å². The summed E-state index contributed by atoms with van der Waals surface area (Å²) < 4.78 is 20.0. The maximum absolute atomic E-state index is 14.3. The minimum absolute atomic E-state index is 0.00577. The third kappa shape index (κ3) is 7.19. The molecule has 0 saturated carbocycles. The predicted molar refractivity (Wildman–Crippen MR) is 148 cm³/mol. The van der Waals surface area contributed by atoms with E-state index >= 15 is 0 Å². The molecule has 0 aliphatic carbocycles. The molecule has 3 amide bonds. The number of benzene rings is 3. The molecule has 0 unspecified atom stereocenters. The van der Waals surface area contributed by atoms with Crippen LogP contribution in [0.5, 0.6) is 5.75 Å². The molecule has 4 rings (SSSR count). The van der Waals surface area contributed by atoms with Crippen molar-refractivity contribution in [2.24, 2.45) is 0 Å². The van der Waals surface area contributed by atoms with Crippen molar-refractivity contribution in [1.82, 2.24) is 4.90 Å². The molecule has 8 nitrogen and oxygen atoms in total. The third-order valence-corrected chi connectivity index (χ3v) is 7.01. The summed E-state index contributed by atoms with van der Waals surface area (Å²) in [4.78, 5) is 38.1. The lowest BCUT2D eigenvalue weighted by molar-refractivity contribution is -0.132. The van der Waals surface area contributed by atoms with Crippen molar-refractivity contribution in [3.63, 3.8) is 0 Å². The standard InChI is InChI=1S/C28H26Cl2FN3O5/c1-16-10-25(33-28(38)32-24-5-3-2-4-22(24)29)23(30)11-18(16)12-26(35)34-14-19(31)13-20(34)15-39-21-8-6-17(7-9-21)27(36)37/h2-11,19-20H,12-15H2,1H3,(H,36,37)(H2,32,33,38)/t19-,20-/m0/s1. The van der Waals surface area contributed by atoms with E-state index in [0.717, 1.165) is 5.56 Å². The van der Waals surface area contributed by atoms with E-state index in [4.69, 9.17) is 33.0 Å². The zero-order valence-electron chi connectivity index (χ0n) is 20.9. The van der Waals surface area contributed by atoms with Gasteiger partial charge in [-0.05, 0) is 66.6 Å². The van der Waals surface area contributed by atoms with Crippen molar-refractivity contribution >= 4 is 52.5 Å². The van der Waals surface area contributed by atoms with Crippen LogP contribution in [0.25, 0.3) is 0 Å². The van der Waals surface area contributed by atoms with Crippen molar-refractivity contribution in [3.05, 3.63) is 87.4 Å². The molecule has 11 heteroatoms. The number of aryl methyl sites for hydroxylation is 1. The number of halogens is 3. The topological polar surface area (TPSA) is 108 Å². The van der Waals surface area contributed by atoms with Crippen LogP contribution in [0.3, 0.4) is 0 Å². The van der Waals surface area contributed by atoms with Crippen LogP contribution < -0.4 is 15.4 Å². The minimum Gasteiger partial charge on any atom is -0.491 e. The number of likely N-dealkylation sites (tertiary alicyclic amines) is 1. The number of nitrogens with zero attached hydrogens (tertiary/aromatic N) is 1. The van der Waals surface area contributed by atoms with E-state index in [1.54, 1.807) is 43.3 Å². The first-order chi connectivity index (χ1) is 18.6. The third-order valence-electron chi connectivity index (χ3n) is 6.36. The van der Waals surface area contributed by atoms with Crippen molar-refractivity contribution in [1.29, 1.82) is 0 Å². The smallest absolute Gasteiger partial charge is 0.335 e. The van der Waals surface area contributed by atoms with Gasteiger partial charge in [0.1, 0.15) is 18.5 Å². The molecule has 0 spiro atoms. The van der Waals surface area contributed by atoms with Crippen LogP contribution in [0.1, 0.15) is 27.9 Å². The molecule has 0 aromatic heterocycles. The molecule has 1 fully saturated rings. The summed E-state index contributed by atoms with van der Waals surface area (Å²) in [5, 5.41) is 15.0. The van der Waals surface area contributed by atoms with Gasteiger partial charge in [-0.25, -0.2) is 14.0 Å². The van der Waals surface area contributed by atoms with E-state index in [1.807, 2.05) is 0 Å². The van der Waals surface area contributed by atoms with Crippen molar-refractivity contribution in [2.45, 2.75) is 32.0 Å². The highest BCUT2D eigenvalue weighted by Gasteiger charge is 2.36. The molecule has 1 aliphatic rings. The van der Waals surface area contributed by atoms with Gasteiger partial charge in [0, 0.05) is 6.42 Å². The summed E-state index contributed by atoms with van der Waals surface area (Å²) in [6, 6.07) is 15.0. The fourth-order valence-corrected chi connectivity index (χ4v) is 4.74. The number of carboxylic acids is 1. The van der Waals surface area contributed by atoms with Gasteiger partial charge in [-0.3, -0.25) is 4.79 Å². The molecular formula is C28H26Cl2FN3O5. The van der Waals surface area contributed by atoms with Crippen molar-refractivity contribution in [2.75, 3.05) is 23.8 Å². The largest absolute Gasteiger partial charge is 0.491 e. The number of hydrogen-bond acceptors (Lipinski definition) is 4. The van der Waals surface area contributed by atoms with E-state index in [0.29, 0.717) is 27.7 Å². The highest BCUT2D eigenvalue weighted by molar-refractivity contribution is 6.34. The molecule has 2 atom stereocenters. The number of alkyl halides is 1. The first-order valence-corrected chi connectivity index (χ1v) is 12.9. The van der Waals surface area contributed by atoms with Crippen molar-refractivity contribution < 1.29 is 28.6 Å². The summed E-state index contributed by atoms with van der Waals surface area (Å²) in [7, 11) is 0. The summed E-state index contributed by atoms with van der Waals surface area (Å²) in [6.07, 6.45) is -1.04. The summed E-state index contributed by atoms with van der Waals surface area (Å²) in [5.74, 6) is -0.894. The molecule has 0 radical (unpaired) electrons. The Labute approximate surface area is 234 Å². The Morgan fingerprint density at radius 3 is 2.41 bits per heavy atom. The Balaban J connectivity index is 1.38. The number of para-hydroxylation sites is 1. The average molecular weight is 574 g/mol. The number of carbonyl (C=O) groups excluding carboxylic acids is 2. The van der Waals surface area contributed by atoms with E-state index in [2.05, 4.69) is 10.6 Å². The van der Waals surface area contributed by atoms with E-state index in [1.165, 1.54) is 29.2 Å². The van der Waals surface area contributed by atoms with Gasteiger partial charge in [-0.15, -0.1) is 0 Å². The quantitative estimate of drug-likeness (QED) is 0.297. The first kappa shape index (κ1) is 28.2. The molecule has 1 saturated heterocycles. The molecule has 1 aliphatic heterocycles. The Morgan fingerprint density at radius 1 is 1.03 bits per heavy atom. The summed E-state index contributed by atoms with van der Waals surface area (Å²) >= 11 is 12.5. The lowest BCUT2D eigenvalue weighted by Gasteiger charge is -2.25. The Hall–Kier alpha value is -3.82. The fraction of sp³-hybridized carbons (Fsp3) is 0.250. The monoisotopic (exact) mass is 573 g/mol. The molecule has 204 valence electrons. The van der Waals surface area contributed by atoms with Gasteiger partial charge in [0.05, 0.1) is 46.0 Å². The number of carboxylic acid groups (broad SMARTS) is 1. The number of aromatic carboxylic acids is 1. The van der Waals surface area contributed by atoms with Gasteiger partial charge >= 0.3 is 12.0 Å². The van der Waals surface area contributed by atoms with Gasteiger partial charge in [-0.2, -0.15) is 0 Å². The van der Waals surface area contributed by atoms with Crippen LogP contribution in [0.2, 0.25) is 10.0 Å². The second-order valence-corrected chi connectivity index (χ2v) is 9.98. The molecule has 39 heavy (non-hydrogen) atoms. The number of nitrogens with one attached hydrogen (secondary N) is 2. The molecule has 3 aromatic rings. The second-order valence-electron chi connectivity index (χ2n) is 9.17. The lowest BCUT2D eigenvalue weighted by atomic mass is 10.0. The van der Waals surface area contributed by atoms with Crippen LogP contribution in [0, 0.1) is 6.92 Å². The van der Waals surface area contributed by atoms with Crippen LogP contribution in [-0.4, -0.2) is 53.3 Å². The van der Waals surface area contributed by atoms with Gasteiger partial charge in [-0.1, -0.05) is 35.3 Å². The lowest BCUT2D eigenvalue weighted by Crippen LogP contribution is -2.40. The highest BCUT2D eigenvalue weighted by Crippen LogP contribution is 2.29. The minimum atomic E-state index is -1.18. The summed E-state index contributed by atoms with van der Waals surface area (Å²) in [6.45, 7) is 1.82. The Bertz CT molecular complexity index is 1390. The number of carbonyl (C=O) groups is 3. The molecule has 3 N–H and O–H groups in total. The number of urea groups is 1. The van der Waals surface area contributed by atoms with Crippen LogP contribution >= 0.6 is 23.2 Å². The number of hydrogen-bond donors (Lipinski definition) is 3. The number of anilines is 2. The molecular weight excluding hydrogens is 548 g/mol. The number of rotatable bonds is 8. The zero-order chi connectivity index (χ0) is 28.1. The number of ether oxygens (including phenoxy) is 1. The van der Waals surface area contributed by atoms with Gasteiger partial charge in [0.25, 0.3) is 0 Å². The average Bonchev–Trinajstić information content (AvgIpc) is 3.28. The van der Waals surface area contributed by atoms with Gasteiger partial charge in [0.15, 0.2) is 0 Å². The number of amides is 3. The Morgan fingerprint density at radius 2 is 1.72 bits per heavy atom. The van der Waals surface area contributed by atoms with Gasteiger partial charge in [0.2, 0.25) is 5.91 Å². The maximum atomic E-state index is 14.3. The van der Waals surface area contributed by atoms with Gasteiger partial charge < -0.3 is 25.4 Å². The van der Waals surface area contributed by atoms with Crippen molar-refractivity contribution in [3.8, 4) is 5.75 Å².